The van der Waals surface area contributed by atoms with Gasteiger partial charge in [-0.3, -0.25) is 9.69 Å². The molecule has 4 rings (SSSR count). The van der Waals surface area contributed by atoms with E-state index in [0.29, 0.717) is 12.1 Å². The lowest BCUT2D eigenvalue weighted by atomic mass is 10.1. The number of nitrogens with one attached hydrogen (secondary N) is 1. The van der Waals surface area contributed by atoms with Crippen molar-refractivity contribution in [1.82, 2.24) is 10.2 Å². The van der Waals surface area contributed by atoms with Gasteiger partial charge in [0.1, 0.15) is 11.1 Å². The standard InChI is InChI=1S/C24H26N2O3/c27-23(21-15-20-10-3-4-11-22(20)29-24(21)28)25-16-18-8-7-9-19(14-18)17-26-12-5-1-2-6-13-26/h3-4,7-11,14-15H,1-2,5-6,12-13,16-17H2,(H,25,27). The topological polar surface area (TPSA) is 62.6 Å². The summed E-state index contributed by atoms with van der Waals surface area (Å²) in [6.45, 7) is 3.62. The summed E-state index contributed by atoms with van der Waals surface area (Å²) < 4.78 is 5.26. The summed E-state index contributed by atoms with van der Waals surface area (Å²) in [5.74, 6) is -0.414. The molecule has 0 unspecified atom stereocenters. The number of hydrogen-bond acceptors (Lipinski definition) is 4. The number of nitrogens with zero attached hydrogens (tertiary/aromatic N) is 1. The van der Waals surface area contributed by atoms with Crippen molar-refractivity contribution in [3.63, 3.8) is 0 Å². The molecule has 0 spiro atoms. The van der Waals surface area contributed by atoms with Gasteiger partial charge in [0.05, 0.1) is 0 Å². The number of para-hydroxylation sites is 1. The molecular weight excluding hydrogens is 364 g/mol. The van der Waals surface area contributed by atoms with Gasteiger partial charge in [0.25, 0.3) is 5.91 Å². The molecule has 2 heterocycles. The van der Waals surface area contributed by atoms with E-state index >= 15 is 0 Å². The number of rotatable bonds is 5. The summed E-state index contributed by atoms with van der Waals surface area (Å²) in [5, 5.41) is 3.58. The predicted molar refractivity (Wildman–Crippen MR) is 114 cm³/mol. The van der Waals surface area contributed by atoms with Gasteiger partial charge in [0.2, 0.25) is 0 Å². The minimum absolute atomic E-state index is 0.0319. The van der Waals surface area contributed by atoms with E-state index in [9.17, 15) is 9.59 Å². The van der Waals surface area contributed by atoms with Crippen molar-refractivity contribution in [3.05, 3.63) is 81.7 Å². The molecule has 1 aromatic heterocycles. The summed E-state index contributed by atoms with van der Waals surface area (Å²) in [4.78, 5) is 27.2. The first-order chi connectivity index (χ1) is 14.2. The van der Waals surface area contributed by atoms with Crippen LogP contribution in [0.1, 0.15) is 47.2 Å². The van der Waals surface area contributed by atoms with Crippen molar-refractivity contribution >= 4 is 16.9 Å². The maximum atomic E-state index is 12.5. The quantitative estimate of drug-likeness (QED) is 0.666. The van der Waals surface area contributed by atoms with Crippen LogP contribution in [-0.4, -0.2) is 23.9 Å². The molecule has 1 saturated heterocycles. The van der Waals surface area contributed by atoms with Crippen molar-refractivity contribution in [2.45, 2.75) is 38.8 Å². The molecule has 150 valence electrons. The van der Waals surface area contributed by atoms with Crippen molar-refractivity contribution in [2.24, 2.45) is 0 Å². The van der Waals surface area contributed by atoms with Gasteiger partial charge in [-0.2, -0.15) is 0 Å². The minimum Gasteiger partial charge on any atom is -0.422 e. The lowest BCUT2D eigenvalue weighted by Crippen LogP contribution is -2.28. The van der Waals surface area contributed by atoms with Crippen molar-refractivity contribution in [1.29, 1.82) is 0 Å². The van der Waals surface area contributed by atoms with Crippen LogP contribution in [0.15, 0.2) is 63.8 Å². The second kappa shape index (κ2) is 9.05. The van der Waals surface area contributed by atoms with E-state index in [1.54, 1.807) is 18.2 Å². The van der Waals surface area contributed by atoms with Gasteiger partial charge < -0.3 is 9.73 Å². The van der Waals surface area contributed by atoms with Crippen LogP contribution in [0.25, 0.3) is 11.0 Å². The Labute approximate surface area is 170 Å². The fourth-order valence-corrected chi connectivity index (χ4v) is 3.89. The highest BCUT2D eigenvalue weighted by Crippen LogP contribution is 2.15. The van der Waals surface area contributed by atoms with E-state index in [1.165, 1.54) is 31.2 Å². The average molecular weight is 390 g/mol. The molecule has 5 heteroatoms. The predicted octanol–water partition coefficient (Wildman–Crippen LogP) is 4.10. The summed E-state index contributed by atoms with van der Waals surface area (Å²) >= 11 is 0. The molecule has 1 aliphatic rings. The van der Waals surface area contributed by atoms with E-state index in [2.05, 4.69) is 22.3 Å². The summed E-state index contributed by atoms with van der Waals surface area (Å²) in [5.41, 5.74) is 2.18. The van der Waals surface area contributed by atoms with Crippen molar-refractivity contribution in [2.75, 3.05) is 13.1 Å². The number of carbonyl (C=O) groups excluding carboxylic acids is 1. The highest BCUT2D eigenvalue weighted by atomic mass is 16.4. The van der Waals surface area contributed by atoms with Crippen LogP contribution in [0.3, 0.4) is 0 Å². The van der Waals surface area contributed by atoms with Crippen LogP contribution in [-0.2, 0) is 13.1 Å². The Bertz CT molecular complexity index is 1050. The molecule has 0 bridgehead atoms. The first kappa shape index (κ1) is 19.4. The summed E-state index contributed by atoms with van der Waals surface area (Å²) in [6.07, 6.45) is 5.19. The second-order valence-electron chi connectivity index (χ2n) is 7.68. The fourth-order valence-electron chi connectivity index (χ4n) is 3.89. The number of likely N-dealkylation sites (tertiary alicyclic amines) is 1. The van der Waals surface area contributed by atoms with Crippen molar-refractivity contribution in [3.8, 4) is 0 Å². The first-order valence-electron chi connectivity index (χ1n) is 10.3. The largest absolute Gasteiger partial charge is 0.422 e. The summed E-state index contributed by atoms with van der Waals surface area (Å²) in [7, 11) is 0. The van der Waals surface area contributed by atoms with E-state index in [1.807, 2.05) is 24.3 Å². The number of benzene rings is 2. The molecule has 1 N–H and O–H groups in total. The maximum Gasteiger partial charge on any atom is 0.349 e. The first-order valence-corrected chi connectivity index (χ1v) is 10.3. The van der Waals surface area contributed by atoms with Crippen LogP contribution in [0.4, 0.5) is 0 Å². The van der Waals surface area contributed by atoms with E-state index in [4.69, 9.17) is 4.42 Å². The molecule has 0 aliphatic carbocycles. The van der Waals surface area contributed by atoms with Crippen LogP contribution in [0, 0.1) is 0 Å². The van der Waals surface area contributed by atoms with Gasteiger partial charge in [0, 0.05) is 18.5 Å². The Morgan fingerprint density at radius 3 is 2.52 bits per heavy atom. The zero-order chi connectivity index (χ0) is 20.1. The Kier molecular flexibility index (Phi) is 6.06. The number of amides is 1. The molecule has 0 saturated carbocycles. The molecule has 5 nitrogen and oxygen atoms in total. The van der Waals surface area contributed by atoms with Gasteiger partial charge in [-0.15, -0.1) is 0 Å². The Hall–Kier alpha value is -2.92. The van der Waals surface area contributed by atoms with Crippen LogP contribution in [0.5, 0.6) is 0 Å². The van der Waals surface area contributed by atoms with Crippen LogP contribution in [0.2, 0.25) is 0 Å². The molecule has 0 radical (unpaired) electrons. The van der Waals surface area contributed by atoms with Crippen LogP contribution < -0.4 is 10.9 Å². The lowest BCUT2D eigenvalue weighted by molar-refractivity contribution is 0.0947. The molecule has 29 heavy (non-hydrogen) atoms. The van der Waals surface area contributed by atoms with E-state index < -0.39 is 11.5 Å². The van der Waals surface area contributed by atoms with Crippen molar-refractivity contribution < 1.29 is 9.21 Å². The van der Waals surface area contributed by atoms with Gasteiger partial charge in [0.15, 0.2) is 0 Å². The SMILES string of the molecule is O=C(NCc1cccc(CN2CCCCCC2)c1)c1cc2ccccc2oc1=O. The molecule has 1 amide bonds. The molecule has 1 aliphatic heterocycles. The minimum atomic E-state index is -0.615. The zero-order valence-electron chi connectivity index (χ0n) is 16.5. The Morgan fingerprint density at radius 1 is 0.931 bits per heavy atom. The number of carbonyl (C=O) groups is 1. The molecule has 2 aromatic carbocycles. The van der Waals surface area contributed by atoms with Gasteiger partial charge >= 0.3 is 5.63 Å². The third-order valence-electron chi connectivity index (χ3n) is 5.44. The normalized spacial score (nSPS) is 15.2. The number of hydrogen-bond donors (Lipinski definition) is 1. The molecular formula is C24H26N2O3. The molecule has 3 aromatic rings. The van der Waals surface area contributed by atoms with Gasteiger partial charge in [-0.25, -0.2) is 4.79 Å². The van der Waals surface area contributed by atoms with Gasteiger partial charge in [-0.05, 0) is 49.2 Å². The average Bonchev–Trinajstić information content (AvgIpc) is 3.00. The van der Waals surface area contributed by atoms with E-state index in [0.717, 1.165) is 30.6 Å². The fraction of sp³-hybridized carbons (Fsp3) is 0.333. The highest BCUT2D eigenvalue weighted by Gasteiger charge is 2.14. The Morgan fingerprint density at radius 2 is 1.69 bits per heavy atom. The van der Waals surface area contributed by atoms with Crippen LogP contribution >= 0.6 is 0 Å². The third-order valence-corrected chi connectivity index (χ3v) is 5.44. The molecule has 1 fully saturated rings. The monoisotopic (exact) mass is 390 g/mol. The maximum absolute atomic E-state index is 12.5. The summed E-state index contributed by atoms with van der Waals surface area (Å²) in [6, 6.07) is 17.1. The third kappa shape index (κ3) is 4.93. The highest BCUT2D eigenvalue weighted by molar-refractivity contribution is 5.96. The number of fused-ring (bicyclic) bond motifs is 1. The van der Waals surface area contributed by atoms with E-state index in [-0.39, 0.29) is 5.56 Å². The smallest absolute Gasteiger partial charge is 0.349 e. The Balaban J connectivity index is 1.41. The second-order valence-corrected chi connectivity index (χ2v) is 7.68. The van der Waals surface area contributed by atoms with Gasteiger partial charge in [-0.1, -0.05) is 55.3 Å². The molecule has 0 atom stereocenters. The zero-order valence-corrected chi connectivity index (χ0v) is 16.5. The lowest BCUT2D eigenvalue weighted by Gasteiger charge is -2.20.